The highest BCUT2D eigenvalue weighted by atomic mass is 28.3. The molecule has 0 saturated heterocycles. The second kappa shape index (κ2) is 13.3. The monoisotopic (exact) mass is 784 g/mol. The van der Waals surface area contributed by atoms with Crippen LogP contribution in [0, 0.1) is 0 Å². The summed E-state index contributed by atoms with van der Waals surface area (Å²) in [4.78, 5) is 0. The summed E-state index contributed by atoms with van der Waals surface area (Å²) in [6, 6.07) is 73.3. The van der Waals surface area contributed by atoms with Gasteiger partial charge in [-0.2, -0.15) is 0 Å². The molecule has 2 heterocycles. The van der Waals surface area contributed by atoms with Gasteiger partial charge in [0.1, 0.15) is 0 Å². The van der Waals surface area contributed by atoms with E-state index in [1.807, 2.05) is 0 Å². The molecule has 2 aliphatic carbocycles. The van der Waals surface area contributed by atoms with Crippen molar-refractivity contribution >= 4 is 67.6 Å². The van der Waals surface area contributed by atoms with Crippen LogP contribution in [0.1, 0.15) is 42.7 Å². The summed E-state index contributed by atoms with van der Waals surface area (Å²) < 4.78 is 4.96. The molecule has 0 N–H and O–H groups in total. The lowest BCUT2D eigenvalue weighted by molar-refractivity contribution is 0.661. The van der Waals surface area contributed by atoms with Crippen LogP contribution in [0.5, 0.6) is 0 Å². The van der Waals surface area contributed by atoms with Crippen LogP contribution < -0.4 is 20.7 Å². The zero-order valence-corrected chi connectivity index (χ0v) is 34.9. The number of fused-ring (bicyclic) bond motifs is 9. The fraction of sp³-hybridized carbons (Fsp3) is 0.0877. The highest BCUT2D eigenvalue weighted by Gasteiger charge is 2.42. The van der Waals surface area contributed by atoms with Crippen LogP contribution in [0.2, 0.25) is 0 Å². The normalized spacial score (nSPS) is 14.1. The fourth-order valence-electron chi connectivity index (χ4n) is 11.0. The van der Waals surface area contributed by atoms with E-state index in [4.69, 9.17) is 0 Å². The van der Waals surface area contributed by atoms with E-state index in [1.165, 1.54) is 98.3 Å². The molecule has 2 nitrogen and oxygen atoms in total. The van der Waals surface area contributed by atoms with E-state index < -0.39 is 8.07 Å². The Morgan fingerprint density at radius 3 is 1.57 bits per heavy atom. The summed E-state index contributed by atoms with van der Waals surface area (Å²) in [6.45, 7) is 4.77. The first-order chi connectivity index (χ1) is 29.5. The van der Waals surface area contributed by atoms with Gasteiger partial charge in [0.2, 0.25) is 0 Å². The molecule has 0 radical (unpaired) electrons. The molecule has 60 heavy (non-hydrogen) atoms. The van der Waals surface area contributed by atoms with E-state index in [0.29, 0.717) is 0 Å². The molecule has 0 bridgehead atoms. The molecular weight excluding hydrogens is 741 g/mol. The Morgan fingerprint density at radius 1 is 0.433 bits per heavy atom. The molecule has 0 amide bonds. The lowest BCUT2D eigenvalue weighted by Gasteiger charge is -2.34. The Balaban J connectivity index is 1.05. The number of hydrogen-bond acceptors (Lipinski definition) is 0. The number of aryl methyl sites for hydroxylation is 1. The average Bonchev–Trinajstić information content (AvgIpc) is 3.90. The van der Waals surface area contributed by atoms with Crippen molar-refractivity contribution in [2.75, 3.05) is 0 Å². The number of benzene rings is 8. The summed E-state index contributed by atoms with van der Waals surface area (Å²) >= 11 is 0. The molecule has 12 rings (SSSR count). The Labute approximate surface area is 352 Å². The molecule has 0 saturated carbocycles. The van der Waals surface area contributed by atoms with Crippen molar-refractivity contribution in [1.29, 1.82) is 0 Å². The van der Waals surface area contributed by atoms with Crippen LogP contribution >= 0.6 is 0 Å². The summed E-state index contributed by atoms with van der Waals surface area (Å²) in [5.74, 6) is 0. The van der Waals surface area contributed by atoms with Gasteiger partial charge in [0.05, 0.1) is 16.6 Å². The topological polar surface area (TPSA) is 9.86 Å². The van der Waals surface area contributed by atoms with E-state index in [2.05, 4.69) is 229 Å². The quantitative estimate of drug-likeness (QED) is 0.117. The molecule has 286 valence electrons. The van der Waals surface area contributed by atoms with E-state index in [-0.39, 0.29) is 5.41 Å². The minimum atomic E-state index is -2.81. The Bertz CT molecular complexity index is 3220. The third-order valence-electron chi connectivity index (χ3n) is 13.8. The van der Waals surface area contributed by atoms with Crippen LogP contribution in [0.4, 0.5) is 0 Å². The third kappa shape index (κ3) is 4.93. The van der Waals surface area contributed by atoms with Crippen LogP contribution in [-0.4, -0.2) is 17.2 Å². The van der Waals surface area contributed by atoms with Crippen LogP contribution in [0.15, 0.2) is 200 Å². The molecule has 3 heteroatoms. The van der Waals surface area contributed by atoms with Crippen molar-refractivity contribution in [3.63, 3.8) is 0 Å². The van der Waals surface area contributed by atoms with E-state index in [1.54, 1.807) is 0 Å². The lowest BCUT2D eigenvalue weighted by Crippen LogP contribution is -2.74. The lowest BCUT2D eigenvalue weighted by atomic mass is 9.82. The SMILES string of the molecule is CC1(C)c2ccccc2-c2cc3c4c(n(-c5ccc([Si](c6ccccc6)(c6ccccc6)c6ccc(-n7c8ccccc8c8ccccc87)cc6)cc5)c3cc21)C=CCC4. The maximum atomic E-state index is 2.54. The molecule has 2 aromatic heterocycles. The molecule has 0 aliphatic heterocycles. The van der Waals surface area contributed by atoms with Crippen LogP contribution in [0.3, 0.4) is 0 Å². The van der Waals surface area contributed by atoms with Crippen molar-refractivity contribution in [3.8, 4) is 22.5 Å². The first kappa shape index (κ1) is 35.0. The van der Waals surface area contributed by atoms with Gasteiger partial charge in [-0.25, -0.2) is 0 Å². The van der Waals surface area contributed by atoms with Gasteiger partial charge in [-0.1, -0.05) is 166 Å². The van der Waals surface area contributed by atoms with Gasteiger partial charge in [0, 0.05) is 38.6 Å². The second-order valence-electron chi connectivity index (χ2n) is 17.2. The second-order valence-corrected chi connectivity index (χ2v) is 21.0. The maximum absolute atomic E-state index is 2.81. The van der Waals surface area contributed by atoms with E-state index in [0.717, 1.165) is 12.8 Å². The Hall–Kier alpha value is -6.94. The first-order valence-electron chi connectivity index (χ1n) is 21.3. The fourth-order valence-corrected chi connectivity index (χ4v) is 15.7. The number of aromatic nitrogens is 2. The van der Waals surface area contributed by atoms with Gasteiger partial charge < -0.3 is 9.13 Å². The Kier molecular flexibility index (Phi) is 7.76. The van der Waals surface area contributed by atoms with E-state index >= 15 is 0 Å². The molecule has 10 aromatic rings. The van der Waals surface area contributed by atoms with Crippen LogP contribution in [0.25, 0.3) is 61.3 Å². The largest absolute Gasteiger partial charge is 0.310 e. The first-order valence-corrected chi connectivity index (χ1v) is 23.3. The van der Waals surface area contributed by atoms with Crippen molar-refractivity contribution in [2.24, 2.45) is 0 Å². The minimum absolute atomic E-state index is 0.0664. The van der Waals surface area contributed by atoms with Gasteiger partial charge in [0.25, 0.3) is 0 Å². The maximum Gasteiger partial charge on any atom is 0.179 e. The van der Waals surface area contributed by atoms with Gasteiger partial charge >= 0.3 is 0 Å². The van der Waals surface area contributed by atoms with Crippen LogP contribution in [-0.2, 0) is 11.8 Å². The predicted molar refractivity (Wildman–Crippen MR) is 256 cm³/mol. The van der Waals surface area contributed by atoms with Crippen molar-refractivity contribution in [1.82, 2.24) is 9.13 Å². The average molecular weight is 785 g/mol. The highest BCUT2D eigenvalue weighted by molar-refractivity contribution is 7.19. The molecule has 0 unspecified atom stereocenters. The number of para-hydroxylation sites is 2. The molecule has 0 fully saturated rings. The highest BCUT2D eigenvalue weighted by Crippen LogP contribution is 2.51. The predicted octanol–water partition coefficient (Wildman–Crippen LogP) is 11.4. The number of rotatable bonds is 6. The summed E-state index contributed by atoms with van der Waals surface area (Å²) in [7, 11) is -2.81. The third-order valence-corrected chi connectivity index (χ3v) is 18.6. The molecular formula is C57H44N2Si. The van der Waals surface area contributed by atoms with E-state index in [9.17, 15) is 0 Å². The summed E-state index contributed by atoms with van der Waals surface area (Å²) in [5.41, 5.74) is 14.4. The molecule has 0 atom stereocenters. The summed E-state index contributed by atoms with van der Waals surface area (Å²) in [5, 5.41) is 9.41. The zero-order valence-electron chi connectivity index (χ0n) is 33.9. The number of hydrogen-bond donors (Lipinski definition) is 0. The van der Waals surface area contributed by atoms with Gasteiger partial charge in [-0.15, -0.1) is 0 Å². The van der Waals surface area contributed by atoms with Crippen molar-refractivity contribution < 1.29 is 0 Å². The smallest absolute Gasteiger partial charge is 0.179 e. The molecule has 8 aromatic carbocycles. The van der Waals surface area contributed by atoms with Crippen molar-refractivity contribution in [3.05, 3.63) is 223 Å². The van der Waals surface area contributed by atoms with Gasteiger partial charge in [-0.05, 0) is 116 Å². The van der Waals surface area contributed by atoms with Gasteiger partial charge in [0.15, 0.2) is 8.07 Å². The zero-order chi connectivity index (χ0) is 40.0. The number of allylic oxidation sites excluding steroid dienone is 1. The van der Waals surface area contributed by atoms with Crippen molar-refractivity contribution in [2.45, 2.75) is 32.1 Å². The number of nitrogens with zero attached hydrogens (tertiary/aromatic N) is 2. The van der Waals surface area contributed by atoms with Gasteiger partial charge in [-0.3, -0.25) is 0 Å². The Morgan fingerprint density at radius 2 is 0.950 bits per heavy atom. The molecule has 2 aliphatic rings. The summed E-state index contributed by atoms with van der Waals surface area (Å²) in [6.07, 6.45) is 6.84. The standard InChI is InChI=1S/C57H44N2Si/c1-57(2)51-25-13-9-21-45(51)49-37-50-48-24-12-16-28-55(48)59(56(50)38-52(49)57)40-31-35-44(36-32-40)60(41-17-5-3-6-18-41,42-19-7-4-8-20-42)43-33-29-39(30-34-43)58-53-26-14-10-22-46(53)47-23-11-15-27-54(47)58/h3-11,13-23,25-38H,12,24H2,1-2H3. The minimum Gasteiger partial charge on any atom is -0.310 e. The molecule has 0 spiro atoms.